The van der Waals surface area contributed by atoms with Gasteiger partial charge in [0, 0.05) is 4.90 Å². The Hall–Kier alpha value is -2.27. The summed E-state index contributed by atoms with van der Waals surface area (Å²) in [6, 6.07) is 17.1. The lowest BCUT2D eigenvalue weighted by molar-refractivity contribution is -0.144. The zero-order valence-electron chi connectivity index (χ0n) is 11.9. The first kappa shape index (κ1) is 14.7. The first-order chi connectivity index (χ1) is 10.7. The van der Waals surface area contributed by atoms with Crippen molar-refractivity contribution in [1.82, 2.24) is 0 Å². The van der Waals surface area contributed by atoms with Gasteiger partial charge in [-0.05, 0) is 17.7 Å². The lowest BCUT2D eigenvalue weighted by Gasteiger charge is -2.27. The lowest BCUT2D eigenvalue weighted by Crippen LogP contribution is -2.39. The van der Waals surface area contributed by atoms with E-state index in [1.165, 1.54) is 16.7 Å². The van der Waals surface area contributed by atoms with Crippen molar-refractivity contribution in [2.24, 2.45) is 0 Å². The van der Waals surface area contributed by atoms with Crippen molar-refractivity contribution in [3.63, 3.8) is 0 Å². The van der Waals surface area contributed by atoms with Gasteiger partial charge in [-0.25, -0.2) is 0 Å². The van der Waals surface area contributed by atoms with Crippen LogP contribution in [0.3, 0.4) is 0 Å². The van der Waals surface area contributed by atoms with Crippen LogP contribution in [0.25, 0.3) is 0 Å². The molecule has 0 aliphatic carbocycles. The van der Waals surface area contributed by atoms with Crippen molar-refractivity contribution >= 4 is 29.3 Å². The van der Waals surface area contributed by atoms with E-state index in [0.717, 1.165) is 16.1 Å². The number of hydrogen-bond acceptors (Lipinski definition) is 4. The summed E-state index contributed by atoms with van der Waals surface area (Å²) in [5.74, 6) is -0.123. The summed E-state index contributed by atoms with van der Waals surface area (Å²) in [6.45, 7) is 0.168. The molecular formula is C17H15NO3S. The lowest BCUT2D eigenvalue weighted by atomic mass is 10.2. The monoisotopic (exact) mass is 313 g/mol. The van der Waals surface area contributed by atoms with Gasteiger partial charge in [-0.1, -0.05) is 42.5 Å². The first-order valence-corrected chi connectivity index (χ1v) is 7.94. The minimum absolute atomic E-state index is 0.0523. The number of fused-ring (bicyclic) bond motifs is 1. The minimum atomic E-state index is -0.404. The summed E-state index contributed by atoms with van der Waals surface area (Å²) in [5.41, 5.74) is 1.71. The van der Waals surface area contributed by atoms with Gasteiger partial charge in [0.05, 0.1) is 11.4 Å². The number of carbonyl (C=O) groups excluding carboxylic acids is 2. The number of benzene rings is 2. The fourth-order valence-electron chi connectivity index (χ4n) is 2.24. The maximum atomic E-state index is 12.1. The van der Waals surface area contributed by atoms with Crippen molar-refractivity contribution in [1.29, 1.82) is 0 Å². The third-order valence-corrected chi connectivity index (χ3v) is 4.39. The third kappa shape index (κ3) is 3.31. The van der Waals surface area contributed by atoms with E-state index in [1.807, 2.05) is 54.6 Å². The van der Waals surface area contributed by atoms with Crippen molar-refractivity contribution < 1.29 is 14.3 Å². The molecule has 0 unspecified atom stereocenters. The molecule has 0 spiro atoms. The van der Waals surface area contributed by atoms with Crippen LogP contribution in [0, 0.1) is 0 Å². The molecule has 112 valence electrons. The molecule has 1 aliphatic rings. The summed E-state index contributed by atoms with van der Waals surface area (Å²) < 4.78 is 5.25. The SMILES string of the molecule is O=C(CN1C(=O)CSc2ccccc21)OCc1ccccc1. The van der Waals surface area contributed by atoms with Gasteiger partial charge in [0.25, 0.3) is 0 Å². The highest BCUT2D eigenvalue weighted by molar-refractivity contribution is 8.00. The Morgan fingerprint density at radius 3 is 2.64 bits per heavy atom. The maximum Gasteiger partial charge on any atom is 0.326 e. The highest BCUT2D eigenvalue weighted by Gasteiger charge is 2.26. The van der Waals surface area contributed by atoms with Crippen molar-refractivity contribution in [2.45, 2.75) is 11.5 Å². The van der Waals surface area contributed by atoms with Crippen LogP contribution in [-0.4, -0.2) is 24.2 Å². The molecule has 2 aromatic carbocycles. The largest absolute Gasteiger partial charge is 0.459 e. The Bertz CT molecular complexity index is 687. The predicted octanol–water partition coefficient (Wildman–Crippen LogP) is 2.87. The van der Waals surface area contributed by atoms with Gasteiger partial charge < -0.3 is 4.74 Å². The van der Waals surface area contributed by atoms with Crippen LogP contribution in [0.4, 0.5) is 5.69 Å². The van der Waals surface area contributed by atoms with E-state index >= 15 is 0 Å². The van der Waals surface area contributed by atoms with Crippen LogP contribution in [-0.2, 0) is 20.9 Å². The molecule has 0 N–H and O–H groups in total. The van der Waals surface area contributed by atoms with Crippen molar-refractivity contribution in [3.8, 4) is 0 Å². The zero-order chi connectivity index (χ0) is 15.4. The van der Waals surface area contributed by atoms with E-state index in [2.05, 4.69) is 0 Å². The van der Waals surface area contributed by atoms with Gasteiger partial charge in [-0.3, -0.25) is 14.5 Å². The van der Waals surface area contributed by atoms with E-state index in [9.17, 15) is 9.59 Å². The number of amides is 1. The fourth-order valence-corrected chi connectivity index (χ4v) is 3.18. The molecule has 0 fully saturated rings. The second-order valence-corrected chi connectivity index (χ2v) is 5.90. The number of thioether (sulfide) groups is 1. The molecule has 4 nitrogen and oxygen atoms in total. The molecule has 1 amide bonds. The normalized spacial score (nSPS) is 13.6. The quantitative estimate of drug-likeness (QED) is 0.814. The predicted molar refractivity (Wildman–Crippen MR) is 85.8 cm³/mol. The number of anilines is 1. The molecule has 0 atom stereocenters. The van der Waals surface area contributed by atoms with Crippen LogP contribution in [0.2, 0.25) is 0 Å². The first-order valence-electron chi connectivity index (χ1n) is 6.96. The van der Waals surface area contributed by atoms with Gasteiger partial charge in [0.15, 0.2) is 0 Å². The Labute approximate surface area is 133 Å². The van der Waals surface area contributed by atoms with Crippen molar-refractivity contribution in [3.05, 3.63) is 60.2 Å². The highest BCUT2D eigenvalue weighted by Crippen LogP contribution is 2.34. The van der Waals surface area contributed by atoms with Crippen LogP contribution < -0.4 is 4.90 Å². The number of hydrogen-bond donors (Lipinski definition) is 0. The topological polar surface area (TPSA) is 46.6 Å². The number of rotatable bonds is 4. The molecule has 1 heterocycles. The number of para-hydroxylation sites is 1. The van der Waals surface area contributed by atoms with Gasteiger partial charge in [0.1, 0.15) is 13.2 Å². The van der Waals surface area contributed by atoms with E-state index in [1.54, 1.807) is 0 Å². The van der Waals surface area contributed by atoms with Crippen LogP contribution >= 0.6 is 11.8 Å². The molecule has 1 aliphatic heterocycles. The maximum absolute atomic E-state index is 12.1. The number of carbonyl (C=O) groups is 2. The molecule has 0 radical (unpaired) electrons. The van der Waals surface area contributed by atoms with E-state index < -0.39 is 5.97 Å². The Kier molecular flexibility index (Phi) is 4.44. The molecular weight excluding hydrogens is 298 g/mol. The minimum Gasteiger partial charge on any atom is -0.459 e. The molecule has 5 heteroatoms. The molecule has 2 aromatic rings. The van der Waals surface area contributed by atoms with Crippen LogP contribution in [0.5, 0.6) is 0 Å². The third-order valence-electron chi connectivity index (χ3n) is 3.34. The van der Waals surface area contributed by atoms with E-state index in [-0.39, 0.29) is 19.1 Å². The van der Waals surface area contributed by atoms with E-state index in [4.69, 9.17) is 4.74 Å². The second kappa shape index (κ2) is 6.66. The number of nitrogens with zero attached hydrogens (tertiary/aromatic N) is 1. The Balaban J connectivity index is 1.65. The summed E-state index contributed by atoms with van der Waals surface area (Å²) in [7, 11) is 0. The van der Waals surface area contributed by atoms with Crippen LogP contribution in [0.1, 0.15) is 5.56 Å². The highest BCUT2D eigenvalue weighted by atomic mass is 32.2. The molecule has 3 rings (SSSR count). The Morgan fingerprint density at radius 2 is 1.82 bits per heavy atom. The van der Waals surface area contributed by atoms with Gasteiger partial charge in [-0.2, -0.15) is 0 Å². The van der Waals surface area contributed by atoms with Crippen LogP contribution in [0.15, 0.2) is 59.5 Å². The number of esters is 1. The summed E-state index contributed by atoms with van der Waals surface area (Å²) in [6.07, 6.45) is 0. The Morgan fingerprint density at radius 1 is 1.09 bits per heavy atom. The molecule has 0 saturated carbocycles. The zero-order valence-corrected chi connectivity index (χ0v) is 12.7. The van der Waals surface area contributed by atoms with Crippen molar-refractivity contribution in [2.75, 3.05) is 17.2 Å². The standard InChI is InChI=1S/C17H15NO3S/c19-16-12-22-15-9-5-4-8-14(15)18(16)10-17(20)21-11-13-6-2-1-3-7-13/h1-9H,10-12H2. The molecule has 0 bridgehead atoms. The molecule has 22 heavy (non-hydrogen) atoms. The smallest absolute Gasteiger partial charge is 0.326 e. The van der Waals surface area contributed by atoms with E-state index in [0.29, 0.717) is 5.75 Å². The molecule has 0 aromatic heterocycles. The second-order valence-electron chi connectivity index (χ2n) is 4.88. The van der Waals surface area contributed by atoms with Gasteiger partial charge in [-0.15, -0.1) is 11.8 Å². The fraction of sp³-hybridized carbons (Fsp3) is 0.176. The number of ether oxygens (including phenoxy) is 1. The average Bonchev–Trinajstić information content (AvgIpc) is 2.56. The summed E-state index contributed by atoms with van der Waals surface area (Å²) in [4.78, 5) is 26.6. The summed E-state index contributed by atoms with van der Waals surface area (Å²) in [5, 5.41) is 0. The summed E-state index contributed by atoms with van der Waals surface area (Å²) >= 11 is 1.49. The van der Waals surface area contributed by atoms with Gasteiger partial charge >= 0.3 is 5.97 Å². The molecule has 0 saturated heterocycles. The van der Waals surface area contributed by atoms with Gasteiger partial charge in [0.2, 0.25) is 5.91 Å². The average molecular weight is 313 g/mol.